The Labute approximate surface area is 120 Å². The zero-order chi connectivity index (χ0) is 15.2. The summed E-state index contributed by atoms with van der Waals surface area (Å²) in [6, 6.07) is 9.55. The number of hydrogen-bond acceptors (Lipinski definition) is 6. The molecule has 1 heterocycles. The molecule has 2 aromatic rings. The van der Waals surface area contributed by atoms with E-state index in [1.165, 1.54) is 19.2 Å². The largest absolute Gasteiger partial charge is 0.481 e. The number of aliphatic hydroxyl groups excluding tert-OH is 1. The lowest BCUT2D eigenvalue weighted by molar-refractivity contribution is -0.386. The van der Waals surface area contributed by atoms with Gasteiger partial charge in [-0.05, 0) is 24.1 Å². The Morgan fingerprint density at radius 3 is 2.52 bits per heavy atom. The van der Waals surface area contributed by atoms with E-state index in [2.05, 4.69) is 4.98 Å². The molecular formula is C14H14N2O5. The van der Waals surface area contributed by atoms with Crippen LogP contribution >= 0.6 is 0 Å². The SMILES string of the molecule is COc1ccc([N+](=O)[O-])c(Oc2ccc(CCO)cc2)n1. The van der Waals surface area contributed by atoms with E-state index in [0.29, 0.717) is 12.2 Å². The highest BCUT2D eigenvalue weighted by Crippen LogP contribution is 2.31. The number of methoxy groups -OCH3 is 1. The first-order valence-electron chi connectivity index (χ1n) is 6.21. The van der Waals surface area contributed by atoms with Crippen LogP contribution in [-0.2, 0) is 6.42 Å². The maximum atomic E-state index is 11.0. The summed E-state index contributed by atoms with van der Waals surface area (Å²) in [5, 5.41) is 19.8. The number of pyridine rings is 1. The van der Waals surface area contributed by atoms with Gasteiger partial charge in [0.25, 0.3) is 0 Å². The van der Waals surface area contributed by atoms with Gasteiger partial charge in [0.1, 0.15) is 5.75 Å². The first kappa shape index (κ1) is 14.7. The molecule has 0 saturated carbocycles. The molecule has 0 unspecified atom stereocenters. The van der Waals surface area contributed by atoms with Crippen LogP contribution in [0.4, 0.5) is 5.69 Å². The second-order valence-corrected chi connectivity index (χ2v) is 4.15. The summed E-state index contributed by atoms with van der Waals surface area (Å²) >= 11 is 0. The minimum atomic E-state index is -0.568. The van der Waals surface area contributed by atoms with Crippen LogP contribution in [0.2, 0.25) is 0 Å². The fraction of sp³-hybridized carbons (Fsp3) is 0.214. The summed E-state index contributed by atoms with van der Waals surface area (Å²) in [7, 11) is 1.42. The van der Waals surface area contributed by atoms with Gasteiger partial charge >= 0.3 is 11.6 Å². The number of nitro groups is 1. The summed E-state index contributed by atoms with van der Waals surface area (Å²) in [6.07, 6.45) is 0.540. The highest BCUT2D eigenvalue weighted by molar-refractivity contribution is 5.45. The van der Waals surface area contributed by atoms with Gasteiger partial charge in [0.15, 0.2) is 0 Å². The van der Waals surface area contributed by atoms with Crippen LogP contribution in [0.15, 0.2) is 36.4 Å². The second kappa shape index (κ2) is 6.67. The smallest absolute Gasteiger partial charge is 0.331 e. The van der Waals surface area contributed by atoms with Gasteiger partial charge < -0.3 is 14.6 Å². The first-order chi connectivity index (χ1) is 10.1. The number of aromatic nitrogens is 1. The minimum Gasteiger partial charge on any atom is -0.481 e. The third kappa shape index (κ3) is 3.67. The van der Waals surface area contributed by atoms with Crippen molar-refractivity contribution in [3.8, 4) is 17.5 Å². The van der Waals surface area contributed by atoms with E-state index < -0.39 is 4.92 Å². The molecule has 7 nitrogen and oxygen atoms in total. The molecule has 1 N–H and O–H groups in total. The van der Waals surface area contributed by atoms with Crippen LogP contribution in [0.5, 0.6) is 17.5 Å². The van der Waals surface area contributed by atoms with Gasteiger partial charge in [-0.2, -0.15) is 4.98 Å². The van der Waals surface area contributed by atoms with Crippen LogP contribution in [0.3, 0.4) is 0 Å². The predicted molar refractivity (Wildman–Crippen MR) is 74.7 cm³/mol. The lowest BCUT2D eigenvalue weighted by Crippen LogP contribution is -1.98. The normalized spacial score (nSPS) is 10.2. The fourth-order valence-corrected chi connectivity index (χ4v) is 1.71. The monoisotopic (exact) mass is 290 g/mol. The van der Waals surface area contributed by atoms with Crippen molar-refractivity contribution in [3.05, 3.63) is 52.1 Å². The lowest BCUT2D eigenvalue weighted by atomic mass is 10.1. The quantitative estimate of drug-likeness (QED) is 0.648. The third-order valence-corrected chi connectivity index (χ3v) is 2.76. The summed E-state index contributed by atoms with van der Waals surface area (Å²) in [5.74, 6) is 0.516. The minimum absolute atomic E-state index is 0.0586. The summed E-state index contributed by atoms with van der Waals surface area (Å²) in [5.41, 5.74) is 0.702. The Balaban J connectivity index is 2.26. The highest BCUT2D eigenvalue weighted by Gasteiger charge is 2.18. The van der Waals surface area contributed by atoms with Crippen LogP contribution < -0.4 is 9.47 Å². The molecule has 0 bridgehead atoms. The van der Waals surface area contributed by atoms with Gasteiger partial charge in [-0.3, -0.25) is 10.1 Å². The molecule has 0 aliphatic carbocycles. The Kier molecular flexibility index (Phi) is 4.68. The second-order valence-electron chi connectivity index (χ2n) is 4.15. The first-order valence-corrected chi connectivity index (χ1v) is 6.21. The molecule has 0 atom stereocenters. The topological polar surface area (TPSA) is 94.7 Å². The number of hydrogen-bond donors (Lipinski definition) is 1. The standard InChI is InChI=1S/C14H14N2O5/c1-20-13-7-6-12(16(18)19)14(15-13)21-11-4-2-10(3-5-11)8-9-17/h2-7,17H,8-9H2,1H3. The average molecular weight is 290 g/mol. The van der Waals surface area contributed by atoms with Gasteiger partial charge in [-0.25, -0.2) is 0 Å². The van der Waals surface area contributed by atoms with Gasteiger partial charge in [-0.1, -0.05) is 12.1 Å². The zero-order valence-corrected chi connectivity index (χ0v) is 11.4. The summed E-state index contributed by atoms with van der Waals surface area (Å²) in [6.45, 7) is 0.0586. The molecule has 0 radical (unpaired) electrons. The lowest BCUT2D eigenvalue weighted by Gasteiger charge is -2.07. The van der Waals surface area contributed by atoms with Gasteiger partial charge in [0.05, 0.1) is 12.0 Å². The molecule has 1 aromatic heterocycles. The zero-order valence-electron chi connectivity index (χ0n) is 11.4. The molecule has 110 valence electrons. The number of aliphatic hydroxyl groups is 1. The fourth-order valence-electron chi connectivity index (χ4n) is 1.71. The highest BCUT2D eigenvalue weighted by atomic mass is 16.6. The van der Waals surface area contributed by atoms with Crippen molar-refractivity contribution in [2.45, 2.75) is 6.42 Å². The third-order valence-electron chi connectivity index (χ3n) is 2.76. The van der Waals surface area contributed by atoms with E-state index in [9.17, 15) is 10.1 Å². The molecule has 1 aromatic carbocycles. The maximum absolute atomic E-state index is 11.0. The molecule has 7 heteroatoms. The number of benzene rings is 1. The van der Waals surface area contributed by atoms with E-state index in [1.54, 1.807) is 24.3 Å². The van der Waals surface area contributed by atoms with Crippen molar-refractivity contribution in [1.29, 1.82) is 0 Å². The molecule has 0 spiro atoms. The molecule has 0 saturated heterocycles. The van der Waals surface area contributed by atoms with Gasteiger partial charge in [-0.15, -0.1) is 0 Å². The van der Waals surface area contributed by atoms with Crippen molar-refractivity contribution in [2.24, 2.45) is 0 Å². The molecule has 0 amide bonds. The van der Waals surface area contributed by atoms with E-state index in [0.717, 1.165) is 5.56 Å². The molecule has 0 aliphatic heterocycles. The van der Waals surface area contributed by atoms with Crippen LogP contribution in [-0.4, -0.2) is 28.7 Å². The molecule has 2 rings (SSSR count). The van der Waals surface area contributed by atoms with E-state index in [-0.39, 0.29) is 24.1 Å². The van der Waals surface area contributed by atoms with E-state index in [1.807, 2.05) is 0 Å². The predicted octanol–water partition coefficient (Wildman–Crippen LogP) is 2.33. The van der Waals surface area contributed by atoms with Gasteiger partial charge in [0.2, 0.25) is 5.88 Å². The van der Waals surface area contributed by atoms with E-state index in [4.69, 9.17) is 14.6 Å². The van der Waals surface area contributed by atoms with Crippen molar-refractivity contribution in [3.63, 3.8) is 0 Å². The summed E-state index contributed by atoms with van der Waals surface area (Å²) in [4.78, 5) is 14.3. The van der Waals surface area contributed by atoms with Crippen molar-refractivity contribution in [1.82, 2.24) is 4.98 Å². The Hall–Kier alpha value is -2.67. The van der Waals surface area contributed by atoms with Crippen LogP contribution in [0.25, 0.3) is 0 Å². The molecular weight excluding hydrogens is 276 g/mol. The Morgan fingerprint density at radius 1 is 1.24 bits per heavy atom. The number of rotatable bonds is 6. The summed E-state index contributed by atoms with van der Waals surface area (Å²) < 4.78 is 10.4. The van der Waals surface area contributed by atoms with Gasteiger partial charge in [0, 0.05) is 18.7 Å². The van der Waals surface area contributed by atoms with Crippen molar-refractivity contribution in [2.75, 3.05) is 13.7 Å². The van der Waals surface area contributed by atoms with Crippen molar-refractivity contribution >= 4 is 5.69 Å². The molecule has 0 fully saturated rings. The Morgan fingerprint density at radius 2 is 1.95 bits per heavy atom. The maximum Gasteiger partial charge on any atom is 0.331 e. The Bertz CT molecular complexity index is 628. The number of nitrogens with zero attached hydrogens (tertiary/aromatic N) is 2. The van der Waals surface area contributed by atoms with Crippen LogP contribution in [0, 0.1) is 10.1 Å². The van der Waals surface area contributed by atoms with Crippen molar-refractivity contribution < 1.29 is 19.5 Å². The number of ether oxygens (including phenoxy) is 2. The average Bonchev–Trinajstić information content (AvgIpc) is 2.49. The van der Waals surface area contributed by atoms with Crippen LogP contribution in [0.1, 0.15) is 5.56 Å². The molecule has 0 aliphatic rings. The molecule has 21 heavy (non-hydrogen) atoms. The van der Waals surface area contributed by atoms with E-state index >= 15 is 0 Å².